The number of ether oxygens (including phenoxy) is 1. The number of urea groups is 1. The molecular weight excluding hydrogens is 346 g/mol. The maximum atomic E-state index is 12.3. The minimum atomic E-state index is -4.07. The molecule has 25 heavy (non-hydrogen) atoms. The molecule has 8 nitrogen and oxygen atoms in total. The molecule has 0 spiro atoms. The summed E-state index contributed by atoms with van der Waals surface area (Å²) in [7, 11) is -1.22. The third-order valence-electron chi connectivity index (χ3n) is 3.23. The summed E-state index contributed by atoms with van der Waals surface area (Å²) in [5, 5.41) is 4.88. The van der Waals surface area contributed by atoms with Crippen molar-refractivity contribution in [2.75, 3.05) is 19.5 Å². The fourth-order valence-corrected chi connectivity index (χ4v) is 2.95. The number of hydrogen-bond acceptors (Lipinski definition) is 5. The third kappa shape index (κ3) is 4.48. The highest BCUT2D eigenvalue weighted by Crippen LogP contribution is 2.19. The molecule has 132 valence electrons. The molecular formula is C16H17N3O5S. The Kier molecular flexibility index (Phi) is 5.60. The molecule has 0 fully saturated rings. The number of anilines is 1. The fraction of sp³-hybridized carbons (Fsp3) is 0.125. The van der Waals surface area contributed by atoms with Gasteiger partial charge in [-0.15, -0.1) is 0 Å². The summed E-state index contributed by atoms with van der Waals surface area (Å²) >= 11 is 0. The molecule has 0 heterocycles. The molecule has 0 saturated heterocycles. The molecule has 0 saturated carbocycles. The van der Waals surface area contributed by atoms with Gasteiger partial charge >= 0.3 is 6.03 Å². The predicted molar refractivity (Wildman–Crippen MR) is 92.2 cm³/mol. The quantitative estimate of drug-likeness (QED) is 0.746. The average Bonchev–Trinajstić information content (AvgIpc) is 2.61. The van der Waals surface area contributed by atoms with Crippen LogP contribution in [0.15, 0.2) is 53.4 Å². The molecule has 0 atom stereocenters. The molecule has 3 N–H and O–H groups in total. The van der Waals surface area contributed by atoms with E-state index >= 15 is 0 Å². The summed E-state index contributed by atoms with van der Waals surface area (Å²) in [4.78, 5) is 23.3. The van der Waals surface area contributed by atoms with Crippen LogP contribution in [0.2, 0.25) is 0 Å². The van der Waals surface area contributed by atoms with Crippen molar-refractivity contribution in [2.24, 2.45) is 0 Å². The number of methoxy groups -OCH3 is 1. The van der Waals surface area contributed by atoms with Crippen molar-refractivity contribution in [3.8, 4) is 5.75 Å². The van der Waals surface area contributed by atoms with Crippen molar-refractivity contribution in [1.82, 2.24) is 10.0 Å². The average molecular weight is 363 g/mol. The summed E-state index contributed by atoms with van der Waals surface area (Å²) < 4.78 is 31.7. The van der Waals surface area contributed by atoms with Crippen LogP contribution >= 0.6 is 0 Å². The van der Waals surface area contributed by atoms with Crippen LogP contribution in [-0.4, -0.2) is 34.5 Å². The lowest BCUT2D eigenvalue weighted by Crippen LogP contribution is -2.31. The second-order valence-electron chi connectivity index (χ2n) is 4.86. The molecule has 0 aliphatic rings. The third-order valence-corrected chi connectivity index (χ3v) is 4.58. The van der Waals surface area contributed by atoms with Gasteiger partial charge in [0.05, 0.1) is 17.6 Å². The van der Waals surface area contributed by atoms with Crippen LogP contribution in [0.25, 0.3) is 0 Å². The Bertz CT molecular complexity index is 879. The lowest BCUT2D eigenvalue weighted by Gasteiger charge is -2.10. The second kappa shape index (κ2) is 7.67. The number of carbonyl (C=O) groups is 2. The van der Waals surface area contributed by atoms with Crippen molar-refractivity contribution >= 4 is 27.6 Å². The topological polar surface area (TPSA) is 114 Å². The smallest absolute Gasteiger partial charge is 0.318 e. The van der Waals surface area contributed by atoms with Crippen molar-refractivity contribution in [3.63, 3.8) is 0 Å². The zero-order chi connectivity index (χ0) is 18.4. The SMILES string of the molecule is CNC(=O)Nc1ccc(S(=O)(=O)NC(=O)c2ccccc2OC)cc1. The molecule has 0 aliphatic heterocycles. The number of rotatable bonds is 5. The summed E-state index contributed by atoms with van der Waals surface area (Å²) in [5.74, 6) is -0.537. The van der Waals surface area contributed by atoms with E-state index in [4.69, 9.17) is 4.74 Å². The van der Waals surface area contributed by atoms with E-state index in [1.165, 1.54) is 44.5 Å². The highest BCUT2D eigenvalue weighted by Gasteiger charge is 2.20. The summed E-state index contributed by atoms with van der Waals surface area (Å²) in [5.41, 5.74) is 0.515. The zero-order valence-electron chi connectivity index (χ0n) is 13.6. The van der Waals surface area contributed by atoms with Gasteiger partial charge in [0.25, 0.3) is 15.9 Å². The van der Waals surface area contributed by atoms with E-state index in [1.807, 2.05) is 4.72 Å². The summed E-state index contributed by atoms with van der Waals surface area (Å²) in [6.07, 6.45) is 0. The Labute approximate surface area is 145 Å². The van der Waals surface area contributed by atoms with Crippen LogP contribution in [0.5, 0.6) is 5.75 Å². The number of benzene rings is 2. The van der Waals surface area contributed by atoms with E-state index in [-0.39, 0.29) is 16.2 Å². The lowest BCUT2D eigenvalue weighted by atomic mass is 10.2. The van der Waals surface area contributed by atoms with E-state index in [9.17, 15) is 18.0 Å². The molecule has 0 radical (unpaired) electrons. The molecule has 2 aromatic rings. The van der Waals surface area contributed by atoms with E-state index in [2.05, 4.69) is 10.6 Å². The van der Waals surface area contributed by atoms with Gasteiger partial charge in [-0.3, -0.25) is 4.79 Å². The monoisotopic (exact) mass is 363 g/mol. The molecule has 2 rings (SSSR count). The van der Waals surface area contributed by atoms with E-state index in [1.54, 1.807) is 18.2 Å². The van der Waals surface area contributed by atoms with Crippen molar-refractivity contribution in [1.29, 1.82) is 0 Å². The van der Waals surface area contributed by atoms with Crippen LogP contribution in [0.3, 0.4) is 0 Å². The molecule has 0 aliphatic carbocycles. The Hall–Kier alpha value is -3.07. The molecule has 0 aromatic heterocycles. The predicted octanol–water partition coefficient (Wildman–Crippen LogP) is 1.57. The van der Waals surface area contributed by atoms with Crippen LogP contribution in [0.1, 0.15) is 10.4 Å². The summed E-state index contributed by atoms with van der Waals surface area (Å²) in [6, 6.07) is 11.2. The fourth-order valence-electron chi connectivity index (χ4n) is 1.98. The lowest BCUT2D eigenvalue weighted by molar-refractivity contribution is 0.0978. The first kappa shape index (κ1) is 18.3. The van der Waals surface area contributed by atoms with Gasteiger partial charge in [-0.05, 0) is 36.4 Å². The maximum absolute atomic E-state index is 12.3. The zero-order valence-corrected chi connectivity index (χ0v) is 14.4. The van der Waals surface area contributed by atoms with Crippen LogP contribution in [-0.2, 0) is 10.0 Å². The van der Waals surface area contributed by atoms with E-state index < -0.39 is 22.0 Å². The van der Waals surface area contributed by atoms with Crippen LogP contribution in [0.4, 0.5) is 10.5 Å². The molecule has 2 aromatic carbocycles. The van der Waals surface area contributed by atoms with Gasteiger partial charge in [0.1, 0.15) is 5.75 Å². The van der Waals surface area contributed by atoms with E-state index in [0.717, 1.165) is 0 Å². The second-order valence-corrected chi connectivity index (χ2v) is 6.55. The van der Waals surface area contributed by atoms with Gasteiger partial charge < -0.3 is 15.4 Å². The standard InChI is InChI=1S/C16H17N3O5S/c1-17-16(21)18-11-7-9-12(10-8-11)25(22,23)19-15(20)13-5-3-4-6-14(13)24-2/h3-10H,1-2H3,(H,19,20)(H2,17,18,21). The summed E-state index contributed by atoms with van der Waals surface area (Å²) in [6.45, 7) is 0. The van der Waals surface area contributed by atoms with Crippen molar-refractivity contribution in [2.45, 2.75) is 4.90 Å². The minimum absolute atomic E-state index is 0.103. The Morgan fingerprint density at radius 1 is 1.00 bits per heavy atom. The highest BCUT2D eigenvalue weighted by molar-refractivity contribution is 7.90. The number of carbonyl (C=O) groups excluding carboxylic acids is 2. The molecule has 3 amide bonds. The van der Waals surface area contributed by atoms with Gasteiger partial charge in [-0.2, -0.15) is 0 Å². The van der Waals surface area contributed by atoms with Gasteiger partial charge in [-0.25, -0.2) is 17.9 Å². The Morgan fingerprint density at radius 2 is 1.64 bits per heavy atom. The number of hydrogen-bond donors (Lipinski definition) is 3. The highest BCUT2D eigenvalue weighted by atomic mass is 32.2. The molecule has 9 heteroatoms. The number of nitrogens with one attached hydrogen (secondary N) is 3. The number of amides is 3. The first-order valence-electron chi connectivity index (χ1n) is 7.16. The van der Waals surface area contributed by atoms with E-state index in [0.29, 0.717) is 5.69 Å². The Balaban J connectivity index is 2.18. The number of sulfonamides is 1. The minimum Gasteiger partial charge on any atom is -0.496 e. The Morgan fingerprint density at radius 3 is 2.24 bits per heavy atom. The van der Waals surface area contributed by atoms with Crippen LogP contribution in [0, 0.1) is 0 Å². The van der Waals surface area contributed by atoms with Crippen molar-refractivity contribution in [3.05, 3.63) is 54.1 Å². The van der Waals surface area contributed by atoms with Gasteiger partial charge in [0, 0.05) is 12.7 Å². The maximum Gasteiger partial charge on any atom is 0.318 e. The first-order valence-corrected chi connectivity index (χ1v) is 8.64. The molecule has 0 bridgehead atoms. The largest absolute Gasteiger partial charge is 0.496 e. The molecule has 0 unspecified atom stereocenters. The number of para-hydroxylation sites is 1. The van der Waals surface area contributed by atoms with Crippen molar-refractivity contribution < 1.29 is 22.7 Å². The van der Waals surface area contributed by atoms with Gasteiger partial charge in [-0.1, -0.05) is 12.1 Å². The van der Waals surface area contributed by atoms with Crippen LogP contribution < -0.4 is 20.1 Å². The van der Waals surface area contributed by atoms with Gasteiger partial charge in [0.2, 0.25) is 0 Å². The first-order chi connectivity index (χ1) is 11.9. The van der Waals surface area contributed by atoms with Gasteiger partial charge in [0.15, 0.2) is 0 Å². The normalized spacial score (nSPS) is 10.6.